The maximum absolute atomic E-state index is 11.9. The van der Waals surface area contributed by atoms with Gasteiger partial charge in [0, 0.05) is 0 Å². The Labute approximate surface area is 112 Å². The van der Waals surface area contributed by atoms with Gasteiger partial charge < -0.3 is 15.0 Å². The van der Waals surface area contributed by atoms with Crippen molar-refractivity contribution < 1.29 is 9.53 Å². The van der Waals surface area contributed by atoms with Crippen molar-refractivity contribution in [3.05, 3.63) is 29.3 Å². The number of benzene rings is 1. The molecule has 4 nitrogen and oxygen atoms in total. The van der Waals surface area contributed by atoms with Gasteiger partial charge in [0.2, 0.25) is 0 Å². The van der Waals surface area contributed by atoms with E-state index in [-0.39, 0.29) is 18.6 Å². The summed E-state index contributed by atoms with van der Waals surface area (Å²) in [7, 11) is 1.90. The zero-order valence-electron chi connectivity index (χ0n) is 10.4. The highest BCUT2D eigenvalue weighted by atomic mass is 35.5. The Bertz CT molecular complexity index is 425. The van der Waals surface area contributed by atoms with Crippen molar-refractivity contribution in [2.45, 2.75) is 12.5 Å². The summed E-state index contributed by atoms with van der Waals surface area (Å²) in [5, 5.41) is 3.68. The average molecular weight is 269 g/mol. The molecule has 0 aliphatic carbocycles. The molecule has 0 spiro atoms. The molecule has 1 atom stereocenters. The number of amides is 1. The van der Waals surface area contributed by atoms with Crippen LogP contribution in [0.3, 0.4) is 0 Å². The molecule has 1 aliphatic rings. The van der Waals surface area contributed by atoms with Crippen LogP contribution in [-0.2, 0) is 9.53 Å². The number of ether oxygens (including phenoxy) is 1. The van der Waals surface area contributed by atoms with Crippen LogP contribution < -0.4 is 10.2 Å². The Morgan fingerprint density at radius 3 is 3.00 bits per heavy atom. The Hall–Kier alpha value is -1.10. The van der Waals surface area contributed by atoms with Crippen molar-refractivity contribution in [2.75, 3.05) is 31.6 Å². The van der Waals surface area contributed by atoms with Gasteiger partial charge in [0.05, 0.1) is 23.4 Å². The molecule has 98 valence electrons. The molecule has 1 amide bonds. The molecule has 0 radical (unpaired) electrons. The summed E-state index contributed by atoms with van der Waals surface area (Å²) in [5.41, 5.74) is 0.766. The first-order valence-electron chi connectivity index (χ1n) is 6.03. The second-order valence-electron chi connectivity index (χ2n) is 4.28. The lowest BCUT2D eigenvalue weighted by Crippen LogP contribution is -2.47. The van der Waals surface area contributed by atoms with E-state index in [4.69, 9.17) is 16.3 Å². The largest absolute Gasteiger partial charge is 0.366 e. The first-order chi connectivity index (χ1) is 8.72. The minimum absolute atomic E-state index is 0.0381. The van der Waals surface area contributed by atoms with Crippen LogP contribution in [0.1, 0.15) is 6.42 Å². The van der Waals surface area contributed by atoms with Gasteiger partial charge in [-0.05, 0) is 32.1 Å². The van der Waals surface area contributed by atoms with Crippen LogP contribution in [-0.4, -0.2) is 38.8 Å². The van der Waals surface area contributed by atoms with Crippen molar-refractivity contribution >= 4 is 23.2 Å². The van der Waals surface area contributed by atoms with Gasteiger partial charge in [0.15, 0.2) is 0 Å². The number of nitrogens with zero attached hydrogens (tertiary/aromatic N) is 1. The highest BCUT2D eigenvalue weighted by Gasteiger charge is 2.28. The first kappa shape index (κ1) is 13.3. The topological polar surface area (TPSA) is 41.6 Å². The van der Waals surface area contributed by atoms with Gasteiger partial charge in [-0.2, -0.15) is 0 Å². The minimum Gasteiger partial charge on any atom is -0.366 e. The number of rotatable bonds is 4. The number of morpholine rings is 1. The van der Waals surface area contributed by atoms with E-state index in [0.717, 1.165) is 18.7 Å². The molecule has 1 heterocycles. The van der Waals surface area contributed by atoms with E-state index in [1.807, 2.05) is 25.2 Å². The maximum Gasteiger partial charge on any atom is 0.253 e. The maximum atomic E-state index is 11.9. The number of halogens is 1. The second-order valence-corrected chi connectivity index (χ2v) is 4.69. The predicted molar refractivity (Wildman–Crippen MR) is 72.1 cm³/mol. The average Bonchev–Trinajstić information content (AvgIpc) is 2.39. The summed E-state index contributed by atoms with van der Waals surface area (Å²) < 4.78 is 5.51. The van der Waals surface area contributed by atoms with Gasteiger partial charge in [-0.1, -0.05) is 23.7 Å². The monoisotopic (exact) mass is 268 g/mol. The van der Waals surface area contributed by atoms with E-state index in [2.05, 4.69) is 5.32 Å². The highest BCUT2D eigenvalue weighted by molar-refractivity contribution is 6.33. The van der Waals surface area contributed by atoms with Crippen LogP contribution in [0.5, 0.6) is 0 Å². The molecule has 1 N–H and O–H groups in total. The van der Waals surface area contributed by atoms with Gasteiger partial charge in [0.1, 0.15) is 6.61 Å². The molecule has 0 bridgehead atoms. The van der Waals surface area contributed by atoms with Gasteiger partial charge in [-0.25, -0.2) is 0 Å². The van der Waals surface area contributed by atoms with Gasteiger partial charge in [0.25, 0.3) is 5.91 Å². The molecule has 1 unspecified atom stereocenters. The third kappa shape index (κ3) is 3.02. The van der Waals surface area contributed by atoms with Crippen LogP contribution in [0.2, 0.25) is 5.02 Å². The van der Waals surface area contributed by atoms with E-state index in [1.54, 1.807) is 11.0 Å². The zero-order chi connectivity index (χ0) is 13.0. The summed E-state index contributed by atoms with van der Waals surface area (Å²) in [6, 6.07) is 7.39. The molecule has 18 heavy (non-hydrogen) atoms. The zero-order valence-corrected chi connectivity index (χ0v) is 11.1. The molecule has 1 saturated heterocycles. The molecular formula is C13H17ClN2O2. The van der Waals surface area contributed by atoms with E-state index >= 15 is 0 Å². The molecule has 1 fully saturated rings. The quantitative estimate of drug-likeness (QED) is 0.903. The van der Waals surface area contributed by atoms with Crippen LogP contribution >= 0.6 is 11.6 Å². The number of carbonyl (C=O) groups excluding carboxylic acids is 1. The summed E-state index contributed by atoms with van der Waals surface area (Å²) in [6.07, 6.45) is 0.941. The Morgan fingerprint density at radius 1 is 1.50 bits per heavy atom. The van der Waals surface area contributed by atoms with Crippen LogP contribution in [0.25, 0.3) is 0 Å². The number of hydrogen-bond donors (Lipinski definition) is 1. The highest BCUT2D eigenvalue weighted by Crippen LogP contribution is 2.27. The van der Waals surface area contributed by atoms with Crippen molar-refractivity contribution in [1.29, 1.82) is 0 Å². The lowest BCUT2D eigenvalue weighted by Gasteiger charge is -2.33. The fourth-order valence-electron chi connectivity index (χ4n) is 2.01. The summed E-state index contributed by atoms with van der Waals surface area (Å²) >= 11 is 6.13. The standard InChI is InChI=1S/C13H17ClN2O2/c1-15-7-6-10-8-16(13(17)9-18-10)12-5-3-2-4-11(12)14/h2-5,10,15H,6-9H2,1H3. The van der Waals surface area contributed by atoms with Crippen LogP contribution in [0, 0.1) is 0 Å². The number of nitrogens with one attached hydrogen (secondary N) is 1. The Balaban J connectivity index is 2.10. The van der Waals surface area contributed by atoms with Crippen molar-refractivity contribution in [1.82, 2.24) is 5.32 Å². The fourth-order valence-corrected chi connectivity index (χ4v) is 2.25. The smallest absolute Gasteiger partial charge is 0.253 e. The number of carbonyl (C=O) groups is 1. The molecule has 1 aromatic rings. The van der Waals surface area contributed by atoms with E-state index in [1.165, 1.54) is 0 Å². The van der Waals surface area contributed by atoms with Crippen LogP contribution in [0.15, 0.2) is 24.3 Å². The SMILES string of the molecule is CNCCC1CN(c2ccccc2Cl)C(=O)CO1. The minimum atomic E-state index is -0.0381. The van der Waals surface area contributed by atoms with E-state index < -0.39 is 0 Å². The second kappa shape index (κ2) is 6.18. The van der Waals surface area contributed by atoms with Crippen molar-refractivity contribution in [2.24, 2.45) is 0 Å². The van der Waals surface area contributed by atoms with Crippen molar-refractivity contribution in [3.8, 4) is 0 Å². The molecule has 1 aromatic carbocycles. The number of para-hydroxylation sites is 1. The number of anilines is 1. The third-order valence-corrected chi connectivity index (χ3v) is 3.31. The summed E-state index contributed by atoms with van der Waals surface area (Å²) in [4.78, 5) is 13.6. The van der Waals surface area contributed by atoms with Crippen molar-refractivity contribution in [3.63, 3.8) is 0 Å². The van der Waals surface area contributed by atoms with E-state index in [0.29, 0.717) is 11.6 Å². The molecule has 0 saturated carbocycles. The lowest BCUT2D eigenvalue weighted by atomic mass is 10.1. The predicted octanol–water partition coefficient (Wildman–Crippen LogP) is 1.68. The Morgan fingerprint density at radius 2 is 2.28 bits per heavy atom. The number of hydrogen-bond acceptors (Lipinski definition) is 3. The normalized spacial score (nSPS) is 20.2. The van der Waals surface area contributed by atoms with Gasteiger partial charge in [-0.15, -0.1) is 0 Å². The summed E-state index contributed by atoms with van der Waals surface area (Å²) in [5.74, 6) is -0.0381. The van der Waals surface area contributed by atoms with Crippen LogP contribution in [0.4, 0.5) is 5.69 Å². The lowest BCUT2D eigenvalue weighted by molar-refractivity contribution is -0.129. The molecular weight excluding hydrogens is 252 g/mol. The van der Waals surface area contributed by atoms with Gasteiger partial charge >= 0.3 is 0 Å². The Kier molecular flexibility index (Phi) is 4.58. The fraction of sp³-hybridized carbons (Fsp3) is 0.462. The van der Waals surface area contributed by atoms with E-state index in [9.17, 15) is 4.79 Å². The van der Waals surface area contributed by atoms with Gasteiger partial charge in [-0.3, -0.25) is 4.79 Å². The third-order valence-electron chi connectivity index (χ3n) is 2.99. The first-order valence-corrected chi connectivity index (χ1v) is 6.41. The molecule has 5 heteroatoms. The molecule has 2 rings (SSSR count). The molecule has 1 aliphatic heterocycles. The summed E-state index contributed by atoms with van der Waals surface area (Å²) in [6.45, 7) is 1.55. The molecule has 0 aromatic heterocycles.